The molecule has 0 N–H and O–H groups in total. The van der Waals surface area contributed by atoms with E-state index in [0.717, 1.165) is 6.92 Å². The van der Waals surface area contributed by atoms with Crippen LogP contribution in [0.1, 0.15) is 24.2 Å². The second-order valence-electron chi connectivity index (χ2n) is 3.75. The van der Waals surface area contributed by atoms with E-state index in [0.29, 0.717) is 0 Å². The Balaban J connectivity index is 2.44. The Labute approximate surface area is 99.3 Å². The number of carbonyl (C=O) groups is 1. The van der Waals surface area contributed by atoms with Crippen LogP contribution in [0.2, 0.25) is 0 Å². The number of halogens is 4. The largest absolute Gasteiger partial charge is 0.461 e. The molecule has 1 aliphatic heterocycles. The molecule has 0 saturated carbocycles. The Kier molecular flexibility index (Phi) is 3.25. The third kappa shape index (κ3) is 2.17. The lowest BCUT2D eigenvalue weighted by Gasteiger charge is -2.10. The highest BCUT2D eigenvalue weighted by atomic mass is 19.2. The fourth-order valence-corrected chi connectivity index (χ4v) is 1.49. The van der Waals surface area contributed by atoms with Gasteiger partial charge in [0.15, 0.2) is 23.3 Å². The lowest BCUT2D eigenvalue weighted by molar-refractivity contribution is -0.142. The SMILES string of the molecule is CC(=O)OCc1c(F)c(F)c(C2CO2)c(F)c1F. The van der Waals surface area contributed by atoms with Crippen LogP contribution in [-0.2, 0) is 20.9 Å². The van der Waals surface area contributed by atoms with Gasteiger partial charge in [0.1, 0.15) is 12.7 Å². The summed E-state index contributed by atoms with van der Waals surface area (Å²) in [6, 6.07) is 0. The van der Waals surface area contributed by atoms with Crippen molar-refractivity contribution in [2.24, 2.45) is 0 Å². The maximum Gasteiger partial charge on any atom is 0.302 e. The Morgan fingerprint density at radius 2 is 1.72 bits per heavy atom. The third-order valence-corrected chi connectivity index (χ3v) is 2.46. The highest BCUT2D eigenvalue weighted by Crippen LogP contribution is 2.37. The molecule has 3 nitrogen and oxygen atoms in total. The Hall–Kier alpha value is -1.63. The van der Waals surface area contributed by atoms with Gasteiger partial charge in [-0.25, -0.2) is 17.6 Å². The molecule has 0 radical (unpaired) electrons. The van der Waals surface area contributed by atoms with E-state index < -0.39 is 53.1 Å². The van der Waals surface area contributed by atoms with Crippen LogP contribution < -0.4 is 0 Å². The summed E-state index contributed by atoms with van der Waals surface area (Å²) in [4.78, 5) is 10.5. The van der Waals surface area contributed by atoms with Gasteiger partial charge in [-0.15, -0.1) is 0 Å². The van der Waals surface area contributed by atoms with E-state index in [1.807, 2.05) is 0 Å². The van der Waals surface area contributed by atoms with Crippen LogP contribution in [0.5, 0.6) is 0 Å². The number of rotatable bonds is 3. The summed E-state index contributed by atoms with van der Waals surface area (Å²) >= 11 is 0. The minimum absolute atomic E-state index is 0.00993. The van der Waals surface area contributed by atoms with Gasteiger partial charge in [0, 0.05) is 6.92 Å². The van der Waals surface area contributed by atoms with Gasteiger partial charge in [0.25, 0.3) is 0 Å². The molecule has 0 aromatic heterocycles. The van der Waals surface area contributed by atoms with Crippen molar-refractivity contribution in [1.29, 1.82) is 0 Å². The number of benzene rings is 1. The summed E-state index contributed by atoms with van der Waals surface area (Å²) in [5, 5.41) is 0. The zero-order valence-corrected chi connectivity index (χ0v) is 9.23. The molecule has 0 aliphatic carbocycles. The topological polar surface area (TPSA) is 38.8 Å². The van der Waals surface area contributed by atoms with Crippen molar-refractivity contribution in [2.45, 2.75) is 19.6 Å². The second-order valence-corrected chi connectivity index (χ2v) is 3.75. The molecule has 1 aromatic rings. The summed E-state index contributed by atoms with van der Waals surface area (Å²) in [5.74, 6) is -6.98. The van der Waals surface area contributed by atoms with E-state index in [4.69, 9.17) is 0 Å². The maximum absolute atomic E-state index is 13.5. The summed E-state index contributed by atoms with van der Waals surface area (Å²) in [6.07, 6.45) is -0.961. The van der Waals surface area contributed by atoms with E-state index >= 15 is 0 Å². The number of epoxide rings is 1. The Morgan fingerprint density at radius 1 is 1.22 bits per heavy atom. The first kappa shape index (κ1) is 12.8. The molecule has 0 amide bonds. The molecule has 98 valence electrons. The van der Waals surface area contributed by atoms with E-state index in [9.17, 15) is 22.4 Å². The van der Waals surface area contributed by atoms with Gasteiger partial charge in [-0.1, -0.05) is 0 Å². The average Bonchev–Trinajstić information content (AvgIpc) is 3.11. The number of hydrogen-bond acceptors (Lipinski definition) is 3. The fourth-order valence-electron chi connectivity index (χ4n) is 1.49. The second kappa shape index (κ2) is 4.56. The quantitative estimate of drug-likeness (QED) is 0.364. The lowest BCUT2D eigenvalue weighted by atomic mass is 10.1. The van der Waals surface area contributed by atoms with Crippen molar-refractivity contribution in [3.8, 4) is 0 Å². The maximum atomic E-state index is 13.5. The van der Waals surface area contributed by atoms with Gasteiger partial charge in [0.05, 0.1) is 17.7 Å². The number of carbonyl (C=O) groups excluding carboxylic acids is 1. The minimum Gasteiger partial charge on any atom is -0.461 e. The monoisotopic (exact) mass is 264 g/mol. The van der Waals surface area contributed by atoms with Crippen molar-refractivity contribution in [3.63, 3.8) is 0 Å². The normalized spacial score (nSPS) is 17.7. The molecule has 1 aromatic carbocycles. The molecule has 1 atom stereocenters. The summed E-state index contributed by atoms with van der Waals surface area (Å²) in [5.41, 5.74) is -1.72. The molecule has 2 rings (SSSR count). The summed E-state index contributed by atoms with van der Waals surface area (Å²) in [7, 11) is 0. The van der Waals surface area contributed by atoms with Gasteiger partial charge in [-0.05, 0) is 0 Å². The number of hydrogen-bond donors (Lipinski definition) is 0. The molecule has 0 bridgehead atoms. The van der Waals surface area contributed by atoms with Crippen LogP contribution in [0.3, 0.4) is 0 Å². The van der Waals surface area contributed by atoms with Gasteiger partial charge >= 0.3 is 5.97 Å². The highest BCUT2D eigenvalue weighted by molar-refractivity contribution is 5.65. The van der Waals surface area contributed by atoms with Crippen LogP contribution in [0, 0.1) is 23.3 Å². The van der Waals surface area contributed by atoms with Crippen molar-refractivity contribution < 1.29 is 31.8 Å². The van der Waals surface area contributed by atoms with Gasteiger partial charge < -0.3 is 9.47 Å². The first-order valence-electron chi connectivity index (χ1n) is 5.03. The molecule has 7 heteroatoms. The summed E-state index contributed by atoms with van der Waals surface area (Å²) in [6.45, 7) is 0.150. The van der Waals surface area contributed by atoms with E-state index in [1.165, 1.54) is 0 Å². The molecule has 1 fully saturated rings. The highest BCUT2D eigenvalue weighted by Gasteiger charge is 2.36. The van der Waals surface area contributed by atoms with E-state index in [-0.39, 0.29) is 6.61 Å². The van der Waals surface area contributed by atoms with Crippen LogP contribution >= 0.6 is 0 Å². The average molecular weight is 264 g/mol. The van der Waals surface area contributed by atoms with Crippen molar-refractivity contribution in [2.75, 3.05) is 6.61 Å². The Bertz CT molecular complexity index is 482. The van der Waals surface area contributed by atoms with Crippen molar-refractivity contribution in [3.05, 3.63) is 34.4 Å². The molecule has 1 heterocycles. The Morgan fingerprint density at radius 3 is 2.11 bits per heavy atom. The first-order valence-corrected chi connectivity index (χ1v) is 5.03. The molecule has 1 saturated heterocycles. The first-order chi connectivity index (χ1) is 8.43. The molecule has 0 spiro atoms. The van der Waals surface area contributed by atoms with E-state index in [2.05, 4.69) is 9.47 Å². The molecule has 1 aliphatic rings. The molecule has 1 unspecified atom stereocenters. The zero-order chi connectivity index (χ0) is 13.4. The van der Waals surface area contributed by atoms with E-state index in [1.54, 1.807) is 0 Å². The number of esters is 1. The molecular formula is C11H8F4O3. The van der Waals surface area contributed by atoms with Crippen molar-refractivity contribution in [1.82, 2.24) is 0 Å². The van der Waals surface area contributed by atoms with Gasteiger partial charge in [0.2, 0.25) is 0 Å². The fraction of sp³-hybridized carbons (Fsp3) is 0.364. The van der Waals surface area contributed by atoms with Crippen LogP contribution in [0.15, 0.2) is 0 Å². The van der Waals surface area contributed by atoms with Gasteiger partial charge in [-0.3, -0.25) is 4.79 Å². The third-order valence-electron chi connectivity index (χ3n) is 2.46. The van der Waals surface area contributed by atoms with Crippen molar-refractivity contribution >= 4 is 5.97 Å². The predicted octanol–water partition coefficient (Wildman–Crippen LogP) is 2.38. The molecule has 18 heavy (non-hydrogen) atoms. The molecular weight excluding hydrogens is 256 g/mol. The number of ether oxygens (including phenoxy) is 2. The van der Waals surface area contributed by atoms with Gasteiger partial charge in [-0.2, -0.15) is 0 Å². The zero-order valence-electron chi connectivity index (χ0n) is 9.23. The standard InChI is InChI=1S/C11H8F4O3/c1-4(16)17-2-5-8(12)10(14)7(6-3-18-6)11(15)9(5)13/h6H,2-3H2,1H3. The van der Waals surface area contributed by atoms with Crippen LogP contribution in [0.4, 0.5) is 17.6 Å². The van der Waals surface area contributed by atoms with Crippen LogP contribution in [-0.4, -0.2) is 12.6 Å². The van der Waals surface area contributed by atoms with Crippen LogP contribution in [0.25, 0.3) is 0 Å². The minimum atomic E-state index is -1.57. The summed E-state index contributed by atoms with van der Waals surface area (Å²) < 4.78 is 63.0. The predicted molar refractivity (Wildman–Crippen MR) is 50.4 cm³/mol. The lowest BCUT2D eigenvalue weighted by Crippen LogP contribution is -2.11. The smallest absolute Gasteiger partial charge is 0.302 e.